The number of ether oxygens (including phenoxy) is 1. The number of hydrazine groups is 1. The monoisotopic (exact) mass is 513 g/mol. The zero-order chi connectivity index (χ0) is 26.6. The van der Waals surface area contributed by atoms with Gasteiger partial charge in [0.1, 0.15) is 23.7 Å². The number of hydrogen-bond donors (Lipinski definition) is 2. The molecular formula is C29H31N5O4. The van der Waals surface area contributed by atoms with E-state index >= 15 is 0 Å². The number of carbonyl (C=O) groups excluding carboxylic acids is 2. The molecule has 1 aromatic heterocycles. The molecule has 0 spiro atoms. The van der Waals surface area contributed by atoms with Crippen LogP contribution in [0.25, 0.3) is 11.3 Å². The van der Waals surface area contributed by atoms with E-state index in [0.717, 1.165) is 28.3 Å². The molecule has 2 aromatic carbocycles. The Balaban J connectivity index is 1.41. The molecule has 196 valence electrons. The SMILES string of the molecule is C=CCN1CC(=O)N2C(CN(Cc3cccc(-c4ccc(OC)cc4)n3)C(=O)[C@@H]2Cc2ccc(O)cc2)N1. The lowest BCUT2D eigenvalue weighted by molar-refractivity contribution is -0.168. The molecule has 0 saturated carbocycles. The van der Waals surface area contributed by atoms with Crippen molar-refractivity contribution in [2.75, 3.05) is 26.7 Å². The molecule has 2 atom stereocenters. The fraction of sp³-hybridized carbons (Fsp3) is 0.276. The van der Waals surface area contributed by atoms with Gasteiger partial charge in [-0.2, -0.15) is 0 Å². The number of methoxy groups -OCH3 is 1. The Kier molecular flexibility index (Phi) is 7.39. The Labute approximate surface area is 221 Å². The molecule has 2 amide bonds. The topological polar surface area (TPSA) is 98.2 Å². The maximum Gasteiger partial charge on any atom is 0.246 e. The molecule has 9 nitrogen and oxygen atoms in total. The molecule has 5 rings (SSSR count). The van der Waals surface area contributed by atoms with E-state index in [1.807, 2.05) is 47.5 Å². The first kappa shape index (κ1) is 25.4. The molecule has 2 saturated heterocycles. The van der Waals surface area contributed by atoms with Crippen molar-refractivity contribution < 1.29 is 19.4 Å². The Morgan fingerprint density at radius 2 is 1.87 bits per heavy atom. The summed E-state index contributed by atoms with van der Waals surface area (Å²) >= 11 is 0. The summed E-state index contributed by atoms with van der Waals surface area (Å²) in [4.78, 5) is 35.3. The lowest BCUT2D eigenvalue weighted by Crippen LogP contribution is -2.74. The van der Waals surface area contributed by atoms with Gasteiger partial charge in [-0.15, -0.1) is 6.58 Å². The number of aromatic nitrogens is 1. The quantitative estimate of drug-likeness (QED) is 0.447. The predicted molar refractivity (Wildman–Crippen MR) is 143 cm³/mol. The average Bonchev–Trinajstić information content (AvgIpc) is 2.92. The number of carbonyl (C=O) groups is 2. The van der Waals surface area contributed by atoms with Gasteiger partial charge in [-0.25, -0.2) is 10.4 Å². The summed E-state index contributed by atoms with van der Waals surface area (Å²) in [5.41, 5.74) is 6.78. The summed E-state index contributed by atoms with van der Waals surface area (Å²) in [6.45, 7) is 5.10. The van der Waals surface area contributed by atoms with Crippen molar-refractivity contribution in [3.05, 3.63) is 90.6 Å². The molecule has 0 radical (unpaired) electrons. The molecule has 3 aromatic rings. The third-order valence-corrected chi connectivity index (χ3v) is 6.87. The molecule has 9 heteroatoms. The number of fused-ring (bicyclic) bond motifs is 1. The summed E-state index contributed by atoms with van der Waals surface area (Å²) in [7, 11) is 1.63. The van der Waals surface area contributed by atoms with Crippen LogP contribution in [0.15, 0.2) is 79.4 Å². The maximum absolute atomic E-state index is 13.8. The Morgan fingerprint density at radius 3 is 2.58 bits per heavy atom. The van der Waals surface area contributed by atoms with E-state index in [9.17, 15) is 14.7 Å². The number of rotatable bonds is 8. The van der Waals surface area contributed by atoms with Crippen LogP contribution in [0.5, 0.6) is 11.5 Å². The van der Waals surface area contributed by atoms with Crippen LogP contribution >= 0.6 is 0 Å². The summed E-state index contributed by atoms with van der Waals surface area (Å²) in [5, 5.41) is 11.5. The highest BCUT2D eigenvalue weighted by Gasteiger charge is 2.46. The number of phenols is 1. The van der Waals surface area contributed by atoms with Gasteiger partial charge in [0.05, 0.1) is 38.1 Å². The predicted octanol–water partition coefficient (Wildman–Crippen LogP) is 2.58. The first-order chi connectivity index (χ1) is 18.4. The maximum atomic E-state index is 13.8. The van der Waals surface area contributed by atoms with Gasteiger partial charge in [0.2, 0.25) is 11.8 Å². The highest BCUT2D eigenvalue weighted by atomic mass is 16.5. The van der Waals surface area contributed by atoms with E-state index in [-0.39, 0.29) is 30.3 Å². The first-order valence-corrected chi connectivity index (χ1v) is 12.6. The third-order valence-electron chi connectivity index (χ3n) is 6.87. The van der Waals surface area contributed by atoms with E-state index in [4.69, 9.17) is 9.72 Å². The number of phenolic OH excluding ortho intramolecular Hbond substituents is 1. The second-order valence-electron chi connectivity index (χ2n) is 9.46. The lowest BCUT2D eigenvalue weighted by atomic mass is 9.99. The van der Waals surface area contributed by atoms with Gasteiger partial charge in [0.15, 0.2) is 0 Å². The van der Waals surface area contributed by atoms with Gasteiger partial charge in [-0.3, -0.25) is 14.6 Å². The summed E-state index contributed by atoms with van der Waals surface area (Å²) in [5.74, 6) is 0.695. The van der Waals surface area contributed by atoms with E-state index in [2.05, 4.69) is 12.0 Å². The lowest BCUT2D eigenvalue weighted by Gasteiger charge is -2.50. The van der Waals surface area contributed by atoms with Gasteiger partial charge in [0.25, 0.3) is 0 Å². The van der Waals surface area contributed by atoms with Crippen LogP contribution in [0.4, 0.5) is 0 Å². The van der Waals surface area contributed by atoms with Crippen molar-refractivity contribution in [1.29, 1.82) is 0 Å². The van der Waals surface area contributed by atoms with Crippen molar-refractivity contribution in [1.82, 2.24) is 25.2 Å². The van der Waals surface area contributed by atoms with Gasteiger partial charge in [0, 0.05) is 18.5 Å². The molecule has 2 aliphatic heterocycles. The summed E-state index contributed by atoms with van der Waals surface area (Å²) in [6, 6.07) is 19.5. The minimum Gasteiger partial charge on any atom is -0.508 e. The van der Waals surface area contributed by atoms with E-state index < -0.39 is 6.04 Å². The van der Waals surface area contributed by atoms with Gasteiger partial charge in [-0.05, 0) is 54.1 Å². The fourth-order valence-electron chi connectivity index (χ4n) is 5.03. The summed E-state index contributed by atoms with van der Waals surface area (Å²) in [6.07, 6.45) is 1.71. The third kappa shape index (κ3) is 5.39. The number of nitrogens with zero attached hydrogens (tertiary/aromatic N) is 4. The number of amides is 2. The van der Waals surface area contributed by atoms with Crippen LogP contribution < -0.4 is 10.2 Å². The average molecular weight is 514 g/mol. The number of aromatic hydroxyl groups is 1. The molecule has 2 fully saturated rings. The number of pyridine rings is 1. The highest BCUT2D eigenvalue weighted by Crippen LogP contribution is 2.26. The molecule has 38 heavy (non-hydrogen) atoms. The Morgan fingerprint density at radius 1 is 1.11 bits per heavy atom. The molecule has 3 heterocycles. The van der Waals surface area contributed by atoms with Crippen LogP contribution in [-0.4, -0.2) is 75.7 Å². The molecule has 0 bridgehead atoms. The Hall–Kier alpha value is -4.21. The highest BCUT2D eigenvalue weighted by molar-refractivity contribution is 5.90. The summed E-state index contributed by atoms with van der Waals surface area (Å²) < 4.78 is 5.25. The number of nitrogens with one attached hydrogen (secondary N) is 1. The van der Waals surface area contributed by atoms with E-state index in [1.54, 1.807) is 47.3 Å². The van der Waals surface area contributed by atoms with Gasteiger partial charge in [-0.1, -0.05) is 24.3 Å². The first-order valence-electron chi connectivity index (χ1n) is 12.6. The normalized spacial score (nSPS) is 19.8. The number of benzene rings is 2. The molecule has 2 N–H and O–H groups in total. The molecular weight excluding hydrogens is 482 g/mol. The van der Waals surface area contributed by atoms with Crippen LogP contribution in [0.1, 0.15) is 11.3 Å². The van der Waals surface area contributed by atoms with Crippen molar-refractivity contribution in [2.45, 2.75) is 25.2 Å². The molecule has 1 unspecified atom stereocenters. The molecule has 0 aliphatic carbocycles. The zero-order valence-electron chi connectivity index (χ0n) is 21.3. The minimum atomic E-state index is -0.672. The van der Waals surface area contributed by atoms with Crippen LogP contribution in [0.2, 0.25) is 0 Å². The second-order valence-corrected chi connectivity index (χ2v) is 9.46. The van der Waals surface area contributed by atoms with Crippen LogP contribution in [-0.2, 0) is 22.6 Å². The number of piperazine rings is 1. The smallest absolute Gasteiger partial charge is 0.246 e. The molecule has 2 aliphatic rings. The van der Waals surface area contributed by atoms with Crippen molar-refractivity contribution in [3.63, 3.8) is 0 Å². The van der Waals surface area contributed by atoms with Crippen LogP contribution in [0.3, 0.4) is 0 Å². The standard InChI is InChI=1S/C29H31N5O4/c1-3-15-33-19-28(36)34-26(16-20-7-11-23(35)12-8-20)29(37)32(18-27(34)31-33)17-22-5-4-6-25(30-22)21-9-13-24(38-2)14-10-21/h3-14,26-27,31,35H,1,15-19H2,2H3/t26-,27?/m0/s1. The number of hydrogen-bond acceptors (Lipinski definition) is 7. The van der Waals surface area contributed by atoms with Crippen molar-refractivity contribution >= 4 is 11.8 Å². The van der Waals surface area contributed by atoms with Crippen LogP contribution in [0, 0.1) is 0 Å². The minimum absolute atomic E-state index is 0.105. The Bertz CT molecular complexity index is 1310. The van der Waals surface area contributed by atoms with Gasteiger partial charge >= 0.3 is 0 Å². The van der Waals surface area contributed by atoms with Crippen molar-refractivity contribution in [3.8, 4) is 22.8 Å². The zero-order valence-corrected chi connectivity index (χ0v) is 21.3. The largest absolute Gasteiger partial charge is 0.508 e. The fourth-order valence-corrected chi connectivity index (χ4v) is 5.03. The van der Waals surface area contributed by atoms with Gasteiger partial charge < -0.3 is 19.6 Å². The van der Waals surface area contributed by atoms with E-state index in [0.29, 0.717) is 26.1 Å². The van der Waals surface area contributed by atoms with E-state index in [1.165, 1.54) is 0 Å². The second kappa shape index (κ2) is 11.0. The van der Waals surface area contributed by atoms with Crippen molar-refractivity contribution in [2.24, 2.45) is 0 Å².